The summed E-state index contributed by atoms with van der Waals surface area (Å²) < 4.78 is 19.8. The van der Waals surface area contributed by atoms with Crippen LogP contribution in [0, 0.1) is 11.7 Å². The molecule has 1 aromatic rings. The number of halogens is 1. The lowest BCUT2D eigenvalue weighted by Gasteiger charge is -2.28. The fraction of sp³-hybridized carbons (Fsp3) is 0.571. The van der Waals surface area contributed by atoms with E-state index >= 15 is 0 Å². The molecule has 1 aliphatic heterocycles. The second kappa shape index (κ2) is 4.61. The van der Waals surface area contributed by atoms with Crippen molar-refractivity contribution in [2.75, 3.05) is 13.2 Å². The van der Waals surface area contributed by atoms with Crippen molar-refractivity contribution in [3.63, 3.8) is 0 Å². The quantitative estimate of drug-likeness (QED) is 0.894. The topological polar surface area (TPSA) is 30.5 Å². The zero-order valence-corrected chi connectivity index (χ0v) is 10.5. The monoisotopic (exact) mass is 251 g/mol. The maximum atomic E-state index is 14.1. The Kier molecular flexibility index (Phi) is 3.09. The van der Waals surface area contributed by atoms with Gasteiger partial charge in [-0.3, -0.25) is 0 Å². The molecule has 98 valence electrons. The lowest BCUT2D eigenvalue weighted by Crippen LogP contribution is -2.39. The third kappa shape index (κ3) is 1.76. The van der Waals surface area contributed by atoms with E-state index in [-0.39, 0.29) is 17.8 Å². The van der Waals surface area contributed by atoms with Crippen molar-refractivity contribution in [3.05, 3.63) is 35.6 Å². The first-order valence-electron chi connectivity index (χ1n) is 6.52. The smallest absolute Gasteiger partial charge is 0.128 e. The van der Waals surface area contributed by atoms with Gasteiger partial charge in [0.2, 0.25) is 0 Å². The summed E-state index contributed by atoms with van der Waals surface area (Å²) in [5.41, 5.74) is 3.35. The molecule has 2 aliphatic rings. The summed E-state index contributed by atoms with van der Waals surface area (Å²) in [4.78, 5) is 5.38. The third-order valence-electron chi connectivity index (χ3n) is 4.09. The Labute approximate surface area is 106 Å². The van der Waals surface area contributed by atoms with Crippen LogP contribution < -0.4 is 5.48 Å². The van der Waals surface area contributed by atoms with E-state index in [0.29, 0.717) is 18.8 Å². The van der Waals surface area contributed by atoms with Gasteiger partial charge in [0.25, 0.3) is 0 Å². The molecule has 1 saturated heterocycles. The van der Waals surface area contributed by atoms with Crippen LogP contribution in [0.15, 0.2) is 24.3 Å². The number of benzene rings is 1. The van der Waals surface area contributed by atoms with Gasteiger partial charge in [-0.1, -0.05) is 18.2 Å². The molecule has 1 aromatic carbocycles. The predicted molar refractivity (Wildman–Crippen MR) is 65.3 cm³/mol. The minimum atomic E-state index is -0.412. The Morgan fingerprint density at radius 2 is 2.33 bits per heavy atom. The molecule has 1 saturated carbocycles. The lowest BCUT2D eigenvalue weighted by atomic mass is 9.82. The van der Waals surface area contributed by atoms with Gasteiger partial charge in [-0.25, -0.2) is 4.39 Å². The molecule has 2 fully saturated rings. The summed E-state index contributed by atoms with van der Waals surface area (Å²) in [7, 11) is 0. The molecule has 3 unspecified atom stereocenters. The summed E-state index contributed by atoms with van der Waals surface area (Å²) in [5, 5.41) is 0. The van der Waals surface area contributed by atoms with Crippen molar-refractivity contribution in [1.82, 2.24) is 5.48 Å². The molecular formula is C14H18FNO2. The van der Waals surface area contributed by atoms with Crippen molar-refractivity contribution in [2.24, 2.45) is 5.92 Å². The van der Waals surface area contributed by atoms with E-state index < -0.39 is 5.54 Å². The molecule has 1 aliphatic carbocycles. The van der Waals surface area contributed by atoms with E-state index in [1.807, 2.05) is 19.1 Å². The van der Waals surface area contributed by atoms with Gasteiger partial charge < -0.3 is 9.57 Å². The molecule has 4 heteroatoms. The van der Waals surface area contributed by atoms with Gasteiger partial charge in [-0.2, -0.15) is 5.48 Å². The van der Waals surface area contributed by atoms with E-state index in [1.165, 1.54) is 6.07 Å². The molecule has 18 heavy (non-hydrogen) atoms. The number of hydrogen-bond donors (Lipinski definition) is 1. The first-order valence-corrected chi connectivity index (χ1v) is 6.52. The standard InChI is InChI=1S/C14H18FNO2/c1-2-17-11-7-10-9-18-16-14(10,8-11)12-5-3-4-6-13(12)15/h3-6,10-11,16H,2,7-9H2,1H3. The van der Waals surface area contributed by atoms with Crippen LogP contribution >= 0.6 is 0 Å². The Balaban J connectivity index is 1.95. The summed E-state index contributed by atoms with van der Waals surface area (Å²) >= 11 is 0. The molecule has 0 amide bonds. The second-order valence-electron chi connectivity index (χ2n) is 5.08. The summed E-state index contributed by atoms with van der Waals surface area (Å²) in [5.74, 6) is 0.114. The van der Waals surface area contributed by atoms with Crippen molar-refractivity contribution < 1.29 is 14.0 Å². The maximum Gasteiger partial charge on any atom is 0.128 e. The molecule has 0 bridgehead atoms. The number of nitrogens with one attached hydrogen (secondary N) is 1. The molecular weight excluding hydrogens is 233 g/mol. The SMILES string of the molecule is CCOC1CC2CONC2(c2ccccc2F)C1. The Morgan fingerprint density at radius 3 is 3.11 bits per heavy atom. The van der Waals surface area contributed by atoms with Gasteiger partial charge in [0.1, 0.15) is 5.82 Å². The summed E-state index contributed by atoms with van der Waals surface area (Å²) in [6.07, 6.45) is 1.89. The van der Waals surface area contributed by atoms with Gasteiger partial charge >= 0.3 is 0 Å². The minimum Gasteiger partial charge on any atom is -0.378 e. The van der Waals surface area contributed by atoms with E-state index in [0.717, 1.165) is 12.8 Å². The molecule has 0 spiro atoms. The lowest BCUT2D eigenvalue weighted by molar-refractivity contribution is 0.0144. The Morgan fingerprint density at radius 1 is 1.50 bits per heavy atom. The average Bonchev–Trinajstić information content (AvgIpc) is 2.87. The van der Waals surface area contributed by atoms with Crippen LogP contribution in [0.2, 0.25) is 0 Å². The molecule has 3 rings (SSSR count). The molecule has 0 radical (unpaired) electrons. The molecule has 3 atom stereocenters. The van der Waals surface area contributed by atoms with Crippen LogP contribution in [0.1, 0.15) is 25.3 Å². The van der Waals surface area contributed by atoms with E-state index in [9.17, 15) is 4.39 Å². The number of rotatable bonds is 3. The second-order valence-corrected chi connectivity index (χ2v) is 5.08. The Bertz CT molecular complexity index is 440. The van der Waals surface area contributed by atoms with Crippen LogP contribution in [0.3, 0.4) is 0 Å². The van der Waals surface area contributed by atoms with Crippen LogP contribution in [-0.4, -0.2) is 19.3 Å². The fourth-order valence-electron chi connectivity index (χ4n) is 3.30. The average molecular weight is 251 g/mol. The number of hydroxylamine groups is 1. The minimum absolute atomic E-state index is 0.169. The van der Waals surface area contributed by atoms with E-state index in [2.05, 4.69) is 5.48 Å². The van der Waals surface area contributed by atoms with Crippen molar-refractivity contribution in [1.29, 1.82) is 0 Å². The normalized spacial score (nSPS) is 34.8. The van der Waals surface area contributed by atoms with Gasteiger partial charge in [0.05, 0.1) is 18.2 Å². The van der Waals surface area contributed by atoms with Crippen molar-refractivity contribution >= 4 is 0 Å². The molecule has 1 heterocycles. The first kappa shape index (κ1) is 12.1. The van der Waals surface area contributed by atoms with E-state index in [4.69, 9.17) is 9.57 Å². The molecule has 0 aromatic heterocycles. The highest BCUT2D eigenvalue weighted by molar-refractivity contribution is 5.30. The Hall–Kier alpha value is -0.970. The highest BCUT2D eigenvalue weighted by Crippen LogP contribution is 2.48. The number of fused-ring (bicyclic) bond motifs is 1. The highest BCUT2D eigenvalue weighted by atomic mass is 19.1. The van der Waals surface area contributed by atoms with Gasteiger partial charge in [-0.05, 0) is 25.8 Å². The first-order chi connectivity index (χ1) is 8.76. The molecule has 3 nitrogen and oxygen atoms in total. The number of hydrogen-bond acceptors (Lipinski definition) is 3. The van der Waals surface area contributed by atoms with Crippen LogP contribution in [0.25, 0.3) is 0 Å². The third-order valence-corrected chi connectivity index (χ3v) is 4.09. The van der Waals surface area contributed by atoms with Gasteiger partial charge in [-0.15, -0.1) is 0 Å². The largest absolute Gasteiger partial charge is 0.378 e. The summed E-state index contributed by atoms with van der Waals surface area (Å²) in [6, 6.07) is 6.95. The maximum absolute atomic E-state index is 14.1. The molecule has 1 N–H and O–H groups in total. The van der Waals surface area contributed by atoms with Crippen molar-refractivity contribution in [2.45, 2.75) is 31.4 Å². The zero-order valence-electron chi connectivity index (χ0n) is 10.5. The zero-order chi connectivity index (χ0) is 12.6. The van der Waals surface area contributed by atoms with Crippen LogP contribution in [-0.2, 0) is 15.1 Å². The predicted octanol–water partition coefficient (Wildman–Crippen LogP) is 2.37. The van der Waals surface area contributed by atoms with Gasteiger partial charge in [0, 0.05) is 18.1 Å². The van der Waals surface area contributed by atoms with Crippen LogP contribution in [0.5, 0.6) is 0 Å². The number of ether oxygens (including phenoxy) is 1. The van der Waals surface area contributed by atoms with Crippen LogP contribution in [0.4, 0.5) is 4.39 Å². The van der Waals surface area contributed by atoms with E-state index in [1.54, 1.807) is 6.07 Å². The fourth-order valence-corrected chi connectivity index (χ4v) is 3.30. The highest BCUT2D eigenvalue weighted by Gasteiger charge is 2.53. The van der Waals surface area contributed by atoms with Gasteiger partial charge in [0.15, 0.2) is 0 Å². The summed E-state index contributed by atoms with van der Waals surface area (Å²) in [6.45, 7) is 3.32. The van der Waals surface area contributed by atoms with Crippen molar-refractivity contribution in [3.8, 4) is 0 Å².